The molecule has 7 nitrogen and oxygen atoms in total. The lowest BCUT2D eigenvalue weighted by Crippen LogP contribution is -2.48. The van der Waals surface area contributed by atoms with Crippen molar-refractivity contribution in [3.05, 3.63) is 0 Å². The lowest BCUT2D eigenvalue weighted by Gasteiger charge is -2.29. The van der Waals surface area contributed by atoms with Crippen LogP contribution in [-0.4, -0.2) is 73.3 Å². The first-order valence-corrected chi connectivity index (χ1v) is 9.19. The molecule has 3 fully saturated rings. The largest absolute Gasteiger partial charge is 0.501 e. The average molecular weight is 305 g/mol. The van der Waals surface area contributed by atoms with E-state index >= 15 is 0 Å². The van der Waals surface area contributed by atoms with Crippen LogP contribution in [0.5, 0.6) is 0 Å². The van der Waals surface area contributed by atoms with Gasteiger partial charge < -0.3 is 33.2 Å². The molecular formula is C12H23NO6Si. The van der Waals surface area contributed by atoms with Crippen LogP contribution in [0.4, 0.5) is 0 Å². The maximum Gasteiger partial charge on any atom is 0.501 e. The summed E-state index contributed by atoms with van der Waals surface area (Å²) in [6.07, 6.45) is 1.42. The monoisotopic (exact) mass is 305 g/mol. The van der Waals surface area contributed by atoms with Gasteiger partial charge in [-0.2, -0.15) is 0 Å². The van der Waals surface area contributed by atoms with Gasteiger partial charge in [-0.1, -0.05) is 0 Å². The van der Waals surface area contributed by atoms with E-state index in [2.05, 4.69) is 0 Å². The van der Waals surface area contributed by atoms with Gasteiger partial charge in [-0.25, -0.2) is 0 Å². The molecule has 8 heteroatoms. The maximum atomic E-state index is 6.01. The number of ether oxygens (including phenoxy) is 3. The Morgan fingerprint density at radius 2 is 1.25 bits per heavy atom. The Balaban J connectivity index is 1.53. The Hall–Kier alpha value is -0.0631. The van der Waals surface area contributed by atoms with Crippen LogP contribution in [0.1, 0.15) is 6.42 Å². The fraction of sp³-hybridized carbons (Fsp3) is 1.00. The summed E-state index contributed by atoms with van der Waals surface area (Å²) in [6, 6.07) is 0.732. The fourth-order valence-corrected chi connectivity index (χ4v) is 4.45. The minimum atomic E-state index is -2.70. The summed E-state index contributed by atoms with van der Waals surface area (Å²) in [4.78, 5) is 0. The molecule has 0 saturated carbocycles. The fourth-order valence-electron chi connectivity index (χ4n) is 1.81. The highest BCUT2D eigenvalue weighted by Crippen LogP contribution is 2.24. The first kappa shape index (κ1) is 14.9. The SMILES string of the molecule is NCCC[Si](OCC1CO1)(OCC1CO1)OCC1CO1. The van der Waals surface area contributed by atoms with Gasteiger partial charge in [0.15, 0.2) is 0 Å². The van der Waals surface area contributed by atoms with Crippen molar-refractivity contribution in [2.45, 2.75) is 30.8 Å². The van der Waals surface area contributed by atoms with Crippen LogP contribution in [0, 0.1) is 0 Å². The maximum absolute atomic E-state index is 6.01. The van der Waals surface area contributed by atoms with Gasteiger partial charge in [-0.3, -0.25) is 0 Å². The number of epoxide rings is 3. The average Bonchev–Trinajstić information content (AvgIpc) is 3.27. The number of hydrogen-bond donors (Lipinski definition) is 1. The molecule has 0 aromatic rings. The zero-order chi connectivity index (χ0) is 13.8. The Morgan fingerprint density at radius 1 is 0.850 bits per heavy atom. The summed E-state index contributed by atoms with van der Waals surface area (Å²) in [5.41, 5.74) is 5.62. The summed E-state index contributed by atoms with van der Waals surface area (Å²) < 4.78 is 33.6. The van der Waals surface area contributed by atoms with E-state index in [4.69, 9.17) is 33.2 Å². The summed E-state index contributed by atoms with van der Waals surface area (Å²) >= 11 is 0. The molecular weight excluding hydrogens is 282 g/mol. The molecule has 0 aliphatic carbocycles. The number of hydrogen-bond acceptors (Lipinski definition) is 7. The van der Waals surface area contributed by atoms with E-state index in [0.29, 0.717) is 26.4 Å². The number of rotatable bonds is 12. The smallest absolute Gasteiger partial charge is 0.371 e. The normalized spacial score (nSPS) is 33.8. The van der Waals surface area contributed by atoms with Crippen molar-refractivity contribution in [2.24, 2.45) is 5.73 Å². The standard InChI is InChI=1S/C12H23NO6Si/c13-2-1-3-20(17-7-10-4-14-10,18-8-11-5-15-11)19-9-12-6-16-12/h10-12H,1-9,13H2. The van der Waals surface area contributed by atoms with E-state index in [0.717, 1.165) is 32.3 Å². The van der Waals surface area contributed by atoms with Crippen LogP contribution in [0.25, 0.3) is 0 Å². The molecule has 20 heavy (non-hydrogen) atoms. The van der Waals surface area contributed by atoms with Crippen LogP contribution in [0.15, 0.2) is 0 Å². The third-order valence-electron chi connectivity index (χ3n) is 3.36. The van der Waals surface area contributed by atoms with Gasteiger partial charge in [0.25, 0.3) is 0 Å². The predicted molar refractivity (Wildman–Crippen MR) is 71.3 cm³/mol. The van der Waals surface area contributed by atoms with Crippen molar-refractivity contribution in [3.8, 4) is 0 Å². The van der Waals surface area contributed by atoms with Gasteiger partial charge in [0, 0.05) is 6.04 Å². The van der Waals surface area contributed by atoms with Gasteiger partial charge in [0.2, 0.25) is 0 Å². The molecule has 0 amide bonds. The zero-order valence-electron chi connectivity index (χ0n) is 11.6. The first-order valence-electron chi connectivity index (χ1n) is 7.26. The predicted octanol–water partition coefficient (Wildman–Crippen LogP) is -0.480. The van der Waals surface area contributed by atoms with E-state index in [9.17, 15) is 0 Å². The molecule has 0 radical (unpaired) electrons. The summed E-state index contributed by atoms with van der Waals surface area (Å²) in [7, 11) is -2.70. The van der Waals surface area contributed by atoms with Crippen LogP contribution < -0.4 is 5.73 Å². The van der Waals surface area contributed by atoms with Gasteiger partial charge >= 0.3 is 8.80 Å². The highest BCUT2D eigenvalue weighted by Gasteiger charge is 2.45. The Labute approximate surface area is 120 Å². The minimum Gasteiger partial charge on any atom is -0.371 e. The van der Waals surface area contributed by atoms with Crippen molar-refractivity contribution in [1.29, 1.82) is 0 Å². The third kappa shape index (κ3) is 5.04. The van der Waals surface area contributed by atoms with Crippen molar-refractivity contribution < 1.29 is 27.5 Å². The van der Waals surface area contributed by atoms with Crippen molar-refractivity contribution in [3.63, 3.8) is 0 Å². The van der Waals surface area contributed by atoms with Crippen LogP contribution in [0.2, 0.25) is 6.04 Å². The summed E-state index contributed by atoms with van der Waals surface area (Å²) in [5.74, 6) is 0. The molecule has 0 aromatic carbocycles. The first-order chi connectivity index (χ1) is 9.80. The molecule has 3 heterocycles. The van der Waals surface area contributed by atoms with Crippen LogP contribution in [0.3, 0.4) is 0 Å². The molecule has 116 valence electrons. The second-order valence-electron chi connectivity index (χ2n) is 5.37. The Bertz CT molecular complexity index is 268. The molecule has 3 aliphatic heterocycles. The molecule has 3 aliphatic rings. The van der Waals surface area contributed by atoms with E-state index in [1.807, 2.05) is 0 Å². The molecule has 3 rings (SSSR count). The molecule has 3 atom stereocenters. The van der Waals surface area contributed by atoms with Crippen LogP contribution >= 0.6 is 0 Å². The molecule has 0 bridgehead atoms. The van der Waals surface area contributed by atoms with Crippen molar-refractivity contribution >= 4 is 8.80 Å². The lowest BCUT2D eigenvalue weighted by molar-refractivity contribution is 0.0447. The topological polar surface area (TPSA) is 91.3 Å². The van der Waals surface area contributed by atoms with Gasteiger partial charge in [-0.05, 0) is 13.0 Å². The second kappa shape index (κ2) is 6.80. The molecule has 3 unspecified atom stereocenters. The lowest BCUT2D eigenvalue weighted by atomic mass is 10.5. The second-order valence-corrected chi connectivity index (χ2v) is 8.11. The van der Waals surface area contributed by atoms with Gasteiger partial charge in [-0.15, -0.1) is 0 Å². The van der Waals surface area contributed by atoms with Gasteiger partial charge in [0.1, 0.15) is 18.3 Å². The third-order valence-corrected chi connectivity index (χ3v) is 6.15. The van der Waals surface area contributed by atoms with E-state index in [1.54, 1.807) is 0 Å². The minimum absolute atomic E-state index is 0.196. The molecule has 3 saturated heterocycles. The quantitative estimate of drug-likeness (QED) is 0.384. The Kier molecular flexibility index (Phi) is 5.05. The summed E-state index contributed by atoms with van der Waals surface area (Å²) in [6.45, 7) is 4.50. The van der Waals surface area contributed by atoms with Gasteiger partial charge in [0.05, 0.1) is 39.6 Å². The molecule has 0 aromatic heterocycles. The van der Waals surface area contributed by atoms with Crippen LogP contribution in [-0.2, 0) is 27.5 Å². The molecule has 0 spiro atoms. The highest BCUT2D eigenvalue weighted by atomic mass is 28.4. The molecule has 2 N–H and O–H groups in total. The van der Waals surface area contributed by atoms with Crippen molar-refractivity contribution in [2.75, 3.05) is 46.2 Å². The number of nitrogens with two attached hydrogens (primary N) is 1. The van der Waals surface area contributed by atoms with Crippen molar-refractivity contribution in [1.82, 2.24) is 0 Å². The highest BCUT2D eigenvalue weighted by molar-refractivity contribution is 6.60. The van der Waals surface area contributed by atoms with E-state index < -0.39 is 8.80 Å². The summed E-state index contributed by atoms with van der Waals surface area (Å²) in [5, 5.41) is 0. The Morgan fingerprint density at radius 3 is 1.55 bits per heavy atom. The van der Waals surface area contributed by atoms with E-state index in [1.165, 1.54) is 0 Å². The zero-order valence-corrected chi connectivity index (χ0v) is 12.6. The van der Waals surface area contributed by atoms with E-state index in [-0.39, 0.29) is 18.3 Å².